The van der Waals surface area contributed by atoms with Gasteiger partial charge >= 0.3 is 0 Å². The number of ether oxygens (including phenoxy) is 1. The fourth-order valence-corrected chi connectivity index (χ4v) is 5.08. The summed E-state index contributed by atoms with van der Waals surface area (Å²) in [5.41, 5.74) is 0.978. The molecule has 0 aromatic heterocycles. The second-order valence-corrected chi connectivity index (χ2v) is 8.80. The maximum Gasteiger partial charge on any atom is 0.238 e. The van der Waals surface area contributed by atoms with Crippen LogP contribution in [0.3, 0.4) is 0 Å². The number of nitrogens with two attached hydrogens (primary N) is 1. The molecule has 0 saturated carbocycles. The van der Waals surface area contributed by atoms with E-state index in [0.717, 1.165) is 0 Å². The van der Waals surface area contributed by atoms with E-state index in [-0.39, 0.29) is 22.5 Å². The first-order chi connectivity index (χ1) is 9.08. The monoisotopic (exact) mass is 319 g/mol. The van der Waals surface area contributed by atoms with Crippen molar-refractivity contribution in [3.05, 3.63) is 23.3 Å². The van der Waals surface area contributed by atoms with Crippen molar-refractivity contribution in [1.82, 2.24) is 0 Å². The summed E-state index contributed by atoms with van der Waals surface area (Å²) >= 11 is 0. The van der Waals surface area contributed by atoms with Crippen LogP contribution < -0.4 is 9.88 Å². The van der Waals surface area contributed by atoms with Crippen LogP contribution in [0.15, 0.2) is 17.0 Å². The zero-order valence-electron chi connectivity index (χ0n) is 11.3. The molecule has 1 atom stereocenters. The number of hydrogen-bond donors (Lipinski definition) is 1. The number of primary sulfonamides is 1. The first-order valence-corrected chi connectivity index (χ1v) is 9.46. The largest absolute Gasteiger partial charge is 0.489 e. The molecule has 0 radical (unpaired) electrons. The van der Waals surface area contributed by atoms with Gasteiger partial charge in [0.1, 0.15) is 11.9 Å². The summed E-state index contributed by atoms with van der Waals surface area (Å²) in [4.78, 5) is 0.0869. The molecule has 1 aromatic carbocycles. The second-order valence-electron chi connectivity index (χ2n) is 5.07. The summed E-state index contributed by atoms with van der Waals surface area (Å²) in [5.74, 6) is 0.599. The standard InChI is InChI=1S/C12H17NO5S2/c1-8-5-11(6-9(2)12(8)20(13,16)17)18-10-3-4-19(14,15)7-10/h5-6,10H,3-4,7H2,1-2H3,(H2,13,16,17). The van der Waals surface area contributed by atoms with E-state index in [0.29, 0.717) is 23.3 Å². The van der Waals surface area contributed by atoms with Crippen LogP contribution in [0.1, 0.15) is 17.5 Å². The number of rotatable bonds is 3. The third-order valence-electron chi connectivity index (χ3n) is 3.21. The summed E-state index contributed by atoms with van der Waals surface area (Å²) < 4.78 is 51.3. The van der Waals surface area contributed by atoms with Crippen molar-refractivity contribution in [3.8, 4) is 5.75 Å². The summed E-state index contributed by atoms with van der Waals surface area (Å²) in [6.45, 7) is 3.26. The maximum absolute atomic E-state index is 11.5. The van der Waals surface area contributed by atoms with Crippen LogP contribution in [0.4, 0.5) is 0 Å². The Kier molecular flexibility index (Phi) is 3.83. The SMILES string of the molecule is Cc1cc(OC2CCS(=O)(=O)C2)cc(C)c1S(N)(=O)=O. The Bertz CT molecular complexity index is 714. The minimum atomic E-state index is -3.78. The zero-order valence-corrected chi connectivity index (χ0v) is 12.9. The lowest BCUT2D eigenvalue weighted by molar-refractivity contribution is 0.228. The minimum absolute atomic E-state index is 0.00202. The predicted molar refractivity (Wildman–Crippen MR) is 75.0 cm³/mol. The normalized spacial score (nSPS) is 21.9. The van der Waals surface area contributed by atoms with E-state index in [1.54, 1.807) is 26.0 Å². The van der Waals surface area contributed by atoms with Gasteiger partial charge in [0.05, 0.1) is 16.4 Å². The summed E-state index contributed by atoms with van der Waals surface area (Å²) in [5, 5.41) is 5.16. The van der Waals surface area contributed by atoms with E-state index in [9.17, 15) is 16.8 Å². The average Bonchev–Trinajstić information content (AvgIpc) is 2.54. The molecule has 1 fully saturated rings. The lowest BCUT2D eigenvalue weighted by atomic mass is 10.1. The molecule has 6 nitrogen and oxygen atoms in total. The van der Waals surface area contributed by atoms with Crippen LogP contribution in [-0.2, 0) is 19.9 Å². The predicted octanol–water partition coefficient (Wildman–Crippen LogP) is 0.517. The van der Waals surface area contributed by atoms with Crippen LogP contribution >= 0.6 is 0 Å². The van der Waals surface area contributed by atoms with Crippen LogP contribution in [0.2, 0.25) is 0 Å². The number of hydrogen-bond acceptors (Lipinski definition) is 5. The molecule has 20 heavy (non-hydrogen) atoms. The van der Waals surface area contributed by atoms with Crippen molar-refractivity contribution < 1.29 is 21.6 Å². The Morgan fingerprint density at radius 1 is 1.25 bits per heavy atom. The van der Waals surface area contributed by atoms with Crippen LogP contribution in [0.25, 0.3) is 0 Å². The van der Waals surface area contributed by atoms with Crippen LogP contribution in [-0.4, -0.2) is 34.4 Å². The van der Waals surface area contributed by atoms with E-state index in [1.807, 2.05) is 0 Å². The van der Waals surface area contributed by atoms with Gasteiger partial charge in [0, 0.05) is 0 Å². The molecule has 1 heterocycles. The third kappa shape index (κ3) is 3.31. The van der Waals surface area contributed by atoms with E-state index >= 15 is 0 Å². The summed E-state index contributed by atoms with van der Waals surface area (Å²) in [6.07, 6.45) is 0.0799. The molecule has 1 aromatic rings. The molecule has 0 aliphatic carbocycles. The molecule has 0 amide bonds. The van der Waals surface area contributed by atoms with E-state index in [1.165, 1.54) is 0 Å². The fraction of sp³-hybridized carbons (Fsp3) is 0.500. The number of aryl methyl sites for hydroxylation is 2. The van der Waals surface area contributed by atoms with Gasteiger partial charge in [-0.25, -0.2) is 22.0 Å². The Labute approximate surface area is 118 Å². The minimum Gasteiger partial charge on any atom is -0.489 e. The number of sulfonamides is 1. The van der Waals surface area contributed by atoms with Gasteiger partial charge in [-0.3, -0.25) is 0 Å². The van der Waals surface area contributed by atoms with Gasteiger partial charge in [-0.2, -0.15) is 0 Å². The highest BCUT2D eigenvalue weighted by atomic mass is 32.2. The first-order valence-electron chi connectivity index (χ1n) is 6.09. The van der Waals surface area contributed by atoms with Crippen molar-refractivity contribution in [1.29, 1.82) is 0 Å². The third-order valence-corrected chi connectivity index (χ3v) is 6.16. The van der Waals surface area contributed by atoms with Gasteiger partial charge in [-0.15, -0.1) is 0 Å². The second kappa shape index (κ2) is 5.01. The molecule has 2 rings (SSSR count). The van der Waals surface area contributed by atoms with Crippen molar-refractivity contribution in [2.45, 2.75) is 31.3 Å². The topological polar surface area (TPSA) is 104 Å². The van der Waals surface area contributed by atoms with Gasteiger partial charge in [-0.1, -0.05) is 0 Å². The molecule has 1 saturated heterocycles. The van der Waals surface area contributed by atoms with Crippen LogP contribution in [0.5, 0.6) is 5.75 Å². The molecular formula is C12H17NO5S2. The van der Waals surface area contributed by atoms with E-state index in [2.05, 4.69) is 0 Å². The van der Waals surface area contributed by atoms with Gasteiger partial charge in [0.15, 0.2) is 9.84 Å². The summed E-state index contributed by atoms with van der Waals surface area (Å²) in [7, 11) is -6.79. The van der Waals surface area contributed by atoms with Crippen molar-refractivity contribution in [3.63, 3.8) is 0 Å². The van der Waals surface area contributed by atoms with Gasteiger partial charge in [-0.05, 0) is 43.5 Å². The lowest BCUT2D eigenvalue weighted by Crippen LogP contribution is -2.19. The molecule has 1 unspecified atom stereocenters. The van der Waals surface area contributed by atoms with Crippen molar-refractivity contribution in [2.24, 2.45) is 5.14 Å². The quantitative estimate of drug-likeness (QED) is 0.874. The zero-order chi connectivity index (χ0) is 15.1. The van der Waals surface area contributed by atoms with Crippen molar-refractivity contribution in [2.75, 3.05) is 11.5 Å². The first kappa shape index (κ1) is 15.3. The highest BCUT2D eigenvalue weighted by Crippen LogP contribution is 2.27. The highest BCUT2D eigenvalue weighted by Gasteiger charge is 2.29. The van der Waals surface area contributed by atoms with Gasteiger partial charge in [0.2, 0.25) is 10.0 Å². The van der Waals surface area contributed by atoms with Gasteiger partial charge in [0.25, 0.3) is 0 Å². The number of sulfone groups is 1. The molecule has 2 N–H and O–H groups in total. The Balaban J connectivity index is 2.28. The Hall–Kier alpha value is -1.12. The smallest absolute Gasteiger partial charge is 0.238 e. The fourth-order valence-electron chi connectivity index (χ4n) is 2.47. The van der Waals surface area contributed by atoms with E-state index < -0.39 is 19.9 Å². The average molecular weight is 319 g/mol. The molecule has 0 bridgehead atoms. The summed E-state index contributed by atoms with van der Waals surface area (Å²) in [6, 6.07) is 3.13. The molecule has 1 aliphatic heterocycles. The molecular weight excluding hydrogens is 302 g/mol. The Morgan fingerprint density at radius 2 is 1.80 bits per heavy atom. The molecule has 112 valence electrons. The highest BCUT2D eigenvalue weighted by molar-refractivity contribution is 7.91. The van der Waals surface area contributed by atoms with Gasteiger partial charge < -0.3 is 4.74 Å². The van der Waals surface area contributed by atoms with E-state index in [4.69, 9.17) is 9.88 Å². The van der Waals surface area contributed by atoms with Crippen molar-refractivity contribution >= 4 is 19.9 Å². The van der Waals surface area contributed by atoms with Crippen LogP contribution in [0, 0.1) is 13.8 Å². The molecule has 8 heteroatoms. The lowest BCUT2D eigenvalue weighted by Gasteiger charge is -2.15. The molecule has 0 spiro atoms. The Morgan fingerprint density at radius 3 is 2.20 bits per heavy atom. The maximum atomic E-state index is 11.5. The number of benzene rings is 1. The molecule has 1 aliphatic rings.